The second kappa shape index (κ2) is 6.46. The molecule has 0 aliphatic rings. The summed E-state index contributed by atoms with van der Waals surface area (Å²) in [6.45, 7) is 2.91. The van der Waals surface area contributed by atoms with E-state index in [1.807, 2.05) is 18.3 Å². The molecule has 3 rings (SSSR count). The fourth-order valence-corrected chi connectivity index (χ4v) is 3.69. The predicted octanol–water partition coefficient (Wildman–Crippen LogP) is 4.65. The first kappa shape index (κ1) is 15.0. The Morgan fingerprint density at radius 2 is 2.24 bits per heavy atom. The highest BCUT2D eigenvalue weighted by atomic mass is 79.9. The highest BCUT2D eigenvalue weighted by Crippen LogP contribution is 2.24. The summed E-state index contributed by atoms with van der Waals surface area (Å²) >= 11 is 11.2. The summed E-state index contributed by atoms with van der Waals surface area (Å²) in [6, 6.07) is 6.16. The number of thiazole rings is 1. The van der Waals surface area contributed by atoms with Gasteiger partial charge in [-0.2, -0.15) is 0 Å². The second-order valence-electron chi connectivity index (χ2n) is 4.76. The topological polar surface area (TPSA) is 30.7 Å². The van der Waals surface area contributed by atoms with Gasteiger partial charge in [-0.3, -0.25) is 0 Å². The monoisotopic (exact) mass is 383 g/mol. The number of benzene rings is 1. The van der Waals surface area contributed by atoms with Gasteiger partial charge in [-0.1, -0.05) is 22.9 Å². The van der Waals surface area contributed by atoms with Crippen LogP contribution >= 0.6 is 38.9 Å². The standard InChI is InChI=1S/C15H15BrClN3S/c1-2-11-8-18-15(21-11)9-20-13-7-10(16)3-4-12(13)19-14(20)5-6-17/h3-4,7-8H,2,5-6,9H2,1H3. The SMILES string of the molecule is CCc1cnc(Cn2c(CCCl)nc3ccc(Br)cc32)s1. The van der Waals surface area contributed by atoms with Crippen LogP contribution in [0.1, 0.15) is 22.6 Å². The molecule has 0 unspecified atom stereocenters. The first-order valence-corrected chi connectivity index (χ1v) is 9.00. The van der Waals surface area contributed by atoms with Crippen LogP contribution < -0.4 is 0 Å². The zero-order valence-corrected chi connectivity index (χ0v) is 14.8. The number of aromatic nitrogens is 3. The fraction of sp³-hybridized carbons (Fsp3) is 0.333. The molecule has 3 aromatic rings. The maximum Gasteiger partial charge on any atom is 0.113 e. The van der Waals surface area contributed by atoms with E-state index in [9.17, 15) is 0 Å². The Labute approximate surface area is 141 Å². The van der Waals surface area contributed by atoms with Crippen LogP contribution in [0.4, 0.5) is 0 Å². The molecule has 0 aliphatic carbocycles. The number of rotatable bonds is 5. The van der Waals surface area contributed by atoms with E-state index >= 15 is 0 Å². The maximum absolute atomic E-state index is 5.92. The fourth-order valence-electron chi connectivity index (χ4n) is 2.32. The third-order valence-corrected chi connectivity index (χ3v) is 5.16. The number of hydrogen-bond acceptors (Lipinski definition) is 3. The van der Waals surface area contributed by atoms with Crippen LogP contribution in [-0.4, -0.2) is 20.4 Å². The van der Waals surface area contributed by atoms with E-state index < -0.39 is 0 Å². The molecule has 2 aromatic heterocycles. The summed E-state index contributed by atoms with van der Waals surface area (Å²) in [5.41, 5.74) is 2.13. The van der Waals surface area contributed by atoms with Gasteiger partial charge in [-0.15, -0.1) is 22.9 Å². The zero-order valence-electron chi connectivity index (χ0n) is 11.6. The van der Waals surface area contributed by atoms with Crippen LogP contribution in [0.2, 0.25) is 0 Å². The van der Waals surface area contributed by atoms with Crippen molar-refractivity contribution >= 4 is 49.9 Å². The van der Waals surface area contributed by atoms with E-state index in [2.05, 4.69) is 38.5 Å². The Morgan fingerprint density at radius 3 is 2.95 bits per heavy atom. The Balaban J connectivity index is 2.05. The Hall–Kier alpha value is -0.910. The molecule has 3 nitrogen and oxygen atoms in total. The average molecular weight is 385 g/mol. The number of halogens is 2. The van der Waals surface area contributed by atoms with Gasteiger partial charge in [0.15, 0.2) is 0 Å². The zero-order chi connectivity index (χ0) is 14.8. The molecule has 0 saturated heterocycles. The molecule has 21 heavy (non-hydrogen) atoms. The van der Waals surface area contributed by atoms with E-state index in [0.717, 1.165) is 45.7 Å². The molecule has 0 saturated carbocycles. The molecular weight excluding hydrogens is 370 g/mol. The summed E-state index contributed by atoms with van der Waals surface area (Å²) in [5, 5.41) is 1.11. The number of nitrogens with zero attached hydrogens (tertiary/aromatic N) is 3. The number of fused-ring (bicyclic) bond motifs is 1. The number of imidazole rings is 1. The van der Waals surface area contributed by atoms with Gasteiger partial charge in [0.1, 0.15) is 10.8 Å². The van der Waals surface area contributed by atoms with Crippen molar-refractivity contribution in [3.05, 3.63) is 44.6 Å². The first-order valence-electron chi connectivity index (χ1n) is 6.85. The minimum atomic E-state index is 0.572. The van der Waals surface area contributed by atoms with Crippen molar-refractivity contribution in [1.82, 2.24) is 14.5 Å². The summed E-state index contributed by atoms with van der Waals surface area (Å²) in [7, 11) is 0. The Morgan fingerprint density at radius 1 is 1.38 bits per heavy atom. The average Bonchev–Trinajstić information content (AvgIpc) is 3.06. The van der Waals surface area contributed by atoms with Gasteiger partial charge >= 0.3 is 0 Å². The first-order chi connectivity index (χ1) is 10.2. The lowest BCUT2D eigenvalue weighted by Gasteiger charge is -2.06. The molecule has 0 N–H and O–H groups in total. The lowest BCUT2D eigenvalue weighted by Crippen LogP contribution is -2.05. The van der Waals surface area contributed by atoms with Crippen LogP contribution in [0, 0.1) is 0 Å². The molecule has 6 heteroatoms. The van der Waals surface area contributed by atoms with Gasteiger partial charge < -0.3 is 4.57 Å². The van der Waals surface area contributed by atoms with Crippen LogP contribution in [0.5, 0.6) is 0 Å². The van der Waals surface area contributed by atoms with Gasteiger partial charge in [0, 0.05) is 27.8 Å². The van der Waals surface area contributed by atoms with Gasteiger partial charge in [0.25, 0.3) is 0 Å². The van der Waals surface area contributed by atoms with Crippen molar-refractivity contribution < 1.29 is 0 Å². The molecular formula is C15H15BrClN3S. The summed E-state index contributed by atoms with van der Waals surface area (Å²) in [5.74, 6) is 1.59. The second-order valence-corrected chi connectivity index (χ2v) is 7.25. The summed E-state index contributed by atoms with van der Waals surface area (Å²) < 4.78 is 3.28. The lowest BCUT2D eigenvalue weighted by atomic mass is 10.3. The smallest absolute Gasteiger partial charge is 0.113 e. The molecule has 0 spiro atoms. The van der Waals surface area contributed by atoms with Crippen molar-refractivity contribution in [1.29, 1.82) is 0 Å². The van der Waals surface area contributed by atoms with E-state index in [1.165, 1.54) is 4.88 Å². The summed E-state index contributed by atoms with van der Waals surface area (Å²) in [6.07, 6.45) is 3.76. The van der Waals surface area contributed by atoms with E-state index in [0.29, 0.717) is 5.88 Å². The van der Waals surface area contributed by atoms with Gasteiger partial charge in [0.05, 0.1) is 17.6 Å². The number of hydrogen-bond donors (Lipinski definition) is 0. The maximum atomic E-state index is 5.92. The Kier molecular flexibility index (Phi) is 4.62. The molecule has 0 bridgehead atoms. The van der Waals surface area contributed by atoms with Gasteiger partial charge in [0.2, 0.25) is 0 Å². The quantitative estimate of drug-likeness (QED) is 0.600. The molecule has 0 fully saturated rings. The molecule has 0 amide bonds. The lowest BCUT2D eigenvalue weighted by molar-refractivity contribution is 0.750. The third-order valence-electron chi connectivity index (χ3n) is 3.35. The highest BCUT2D eigenvalue weighted by Gasteiger charge is 2.12. The third kappa shape index (κ3) is 3.15. The van der Waals surface area contributed by atoms with E-state index in [4.69, 9.17) is 16.6 Å². The molecule has 1 aromatic carbocycles. The van der Waals surface area contributed by atoms with Crippen molar-refractivity contribution in [2.24, 2.45) is 0 Å². The molecule has 0 aliphatic heterocycles. The minimum absolute atomic E-state index is 0.572. The molecule has 110 valence electrons. The molecule has 0 atom stereocenters. The van der Waals surface area contributed by atoms with Gasteiger partial charge in [-0.05, 0) is 24.6 Å². The van der Waals surface area contributed by atoms with Crippen molar-refractivity contribution in [2.75, 3.05) is 5.88 Å². The van der Waals surface area contributed by atoms with Crippen LogP contribution in [0.15, 0.2) is 28.9 Å². The van der Waals surface area contributed by atoms with Crippen molar-refractivity contribution in [3.63, 3.8) is 0 Å². The van der Waals surface area contributed by atoms with Crippen LogP contribution in [-0.2, 0) is 19.4 Å². The molecule has 0 radical (unpaired) electrons. The highest BCUT2D eigenvalue weighted by molar-refractivity contribution is 9.10. The van der Waals surface area contributed by atoms with E-state index in [1.54, 1.807) is 11.3 Å². The largest absolute Gasteiger partial charge is 0.321 e. The van der Waals surface area contributed by atoms with Crippen LogP contribution in [0.3, 0.4) is 0 Å². The molecule has 2 heterocycles. The summed E-state index contributed by atoms with van der Waals surface area (Å²) in [4.78, 5) is 10.5. The van der Waals surface area contributed by atoms with Gasteiger partial charge in [-0.25, -0.2) is 9.97 Å². The number of alkyl halides is 1. The van der Waals surface area contributed by atoms with E-state index in [-0.39, 0.29) is 0 Å². The number of aryl methyl sites for hydroxylation is 2. The minimum Gasteiger partial charge on any atom is -0.321 e. The van der Waals surface area contributed by atoms with Crippen LogP contribution in [0.25, 0.3) is 11.0 Å². The Bertz CT molecular complexity index is 765. The predicted molar refractivity (Wildman–Crippen MR) is 92.5 cm³/mol. The van der Waals surface area contributed by atoms with Crippen molar-refractivity contribution in [2.45, 2.75) is 26.3 Å². The normalized spacial score (nSPS) is 11.4. The van der Waals surface area contributed by atoms with Crippen molar-refractivity contribution in [3.8, 4) is 0 Å².